The minimum absolute atomic E-state index is 0.0830. The average molecular weight is 612 g/mol. The molecule has 0 aliphatic carbocycles. The number of imidazole rings is 2. The zero-order valence-corrected chi connectivity index (χ0v) is 22.1. The molecule has 0 radical (unpaired) electrons. The summed E-state index contributed by atoms with van der Waals surface area (Å²) < 4.78 is 37.0. The largest absolute Gasteiger partial charge is 0.472 e. The van der Waals surface area contributed by atoms with Gasteiger partial charge in [-0.25, -0.2) is 24.5 Å². The Morgan fingerprint density at radius 1 is 0.952 bits per heavy atom. The minimum atomic E-state index is -5.06. The molecule has 0 spiro atoms. The summed E-state index contributed by atoms with van der Waals surface area (Å²) in [6, 6.07) is 0. The molecule has 0 amide bonds. The lowest BCUT2D eigenvalue weighted by Crippen LogP contribution is -2.36. The van der Waals surface area contributed by atoms with Crippen LogP contribution >= 0.6 is 7.82 Å². The number of aromatic amines is 1. The van der Waals surface area contributed by atoms with Crippen LogP contribution < -0.4 is 17.0 Å². The summed E-state index contributed by atoms with van der Waals surface area (Å²) in [4.78, 5) is 44.9. The van der Waals surface area contributed by atoms with E-state index in [1.165, 1.54) is 17.2 Å². The van der Waals surface area contributed by atoms with Crippen LogP contribution in [0.1, 0.15) is 12.5 Å². The third-order valence-electron chi connectivity index (χ3n) is 6.87. The van der Waals surface area contributed by atoms with Crippen molar-refractivity contribution in [3.63, 3.8) is 0 Å². The van der Waals surface area contributed by atoms with E-state index in [9.17, 15) is 34.7 Å². The highest BCUT2D eigenvalue weighted by molar-refractivity contribution is 7.47. The number of aliphatic hydroxyl groups is 4. The van der Waals surface area contributed by atoms with Crippen LogP contribution in [0.3, 0.4) is 0 Å². The highest BCUT2D eigenvalue weighted by atomic mass is 31.2. The molecule has 226 valence electrons. The number of nitrogen functional groups attached to an aromatic ring is 2. The Hall–Kier alpha value is -3.63. The maximum Gasteiger partial charge on any atom is 0.472 e. The topological polar surface area (TPSA) is 314 Å². The Kier molecular flexibility index (Phi) is 7.17. The first-order chi connectivity index (χ1) is 20.0. The van der Waals surface area contributed by atoms with Gasteiger partial charge in [-0.15, -0.1) is 0 Å². The second kappa shape index (κ2) is 10.6. The number of phosphoric acid groups is 1. The van der Waals surface area contributed by atoms with E-state index in [1.54, 1.807) is 0 Å². The van der Waals surface area contributed by atoms with Crippen molar-refractivity contribution in [3.05, 3.63) is 29.3 Å². The Morgan fingerprint density at radius 2 is 1.64 bits per heavy atom. The summed E-state index contributed by atoms with van der Waals surface area (Å²) >= 11 is 0. The van der Waals surface area contributed by atoms with Crippen LogP contribution in [-0.2, 0) is 23.1 Å². The van der Waals surface area contributed by atoms with E-state index in [0.29, 0.717) is 0 Å². The van der Waals surface area contributed by atoms with Crippen molar-refractivity contribution in [2.45, 2.75) is 49.1 Å². The van der Waals surface area contributed by atoms with Crippen molar-refractivity contribution in [2.75, 3.05) is 24.7 Å². The van der Waals surface area contributed by atoms with Gasteiger partial charge in [0.05, 0.1) is 25.9 Å². The summed E-state index contributed by atoms with van der Waals surface area (Å²) in [5.74, 6) is -0.171. The number of rotatable bonds is 8. The first kappa shape index (κ1) is 28.5. The lowest BCUT2D eigenvalue weighted by atomic mass is 10.1. The molecular formula is C20H25N10O11P. The number of H-pyrrole nitrogens is 1. The van der Waals surface area contributed by atoms with Gasteiger partial charge in [0, 0.05) is 0 Å². The third kappa shape index (κ3) is 4.80. The second-order valence-corrected chi connectivity index (χ2v) is 10.9. The van der Waals surface area contributed by atoms with Crippen LogP contribution in [0.4, 0.5) is 11.8 Å². The highest BCUT2D eigenvalue weighted by Crippen LogP contribution is 2.50. The van der Waals surface area contributed by atoms with Crippen LogP contribution in [0.2, 0.25) is 0 Å². The predicted octanol–water partition coefficient (Wildman–Crippen LogP) is -3.50. The monoisotopic (exact) mass is 612 g/mol. The first-order valence-corrected chi connectivity index (χ1v) is 13.8. The molecule has 2 fully saturated rings. The normalized spacial score (nSPS) is 31.3. The van der Waals surface area contributed by atoms with Gasteiger partial charge >= 0.3 is 7.82 Å². The van der Waals surface area contributed by atoms with E-state index in [-0.39, 0.29) is 34.1 Å². The predicted molar refractivity (Wildman–Crippen MR) is 136 cm³/mol. The molecule has 6 heterocycles. The van der Waals surface area contributed by atoms with Gasteiger partial charge in [0.25, 0.3) is 5.56 Å². The van der Waals surface area contributed by atoms with Crippen LogP contribution in [0.15, 0.2) is 23.8 Å². The van der Waals surface area contributed by atoms with Gasteiger partial charge < -0.3 is 46.3 Å². The number of nitrogens with zero attached hydrogens (tertiary/aromatic N) is 7. The van der Waals surface area contributed by atoms with Gasteiger partial charge in [-0.3, -0.25) is 28.0 Å². The number of hydrogen-bond acceptors (Lipinski definition) is 17. The van der Waals surface area contributed by atoms with E-state index in [2.05, 4.69) is 29.9 Å². The second-order valence-electron chi connectivity index (χ2n) is 9.48. The molecule has 22 heteroatoms. The molecule has 2 saturated heterocycles. The SMILES string of the molecule is Nc1nc2c(ncn2[C@@H]2O[C@H](CO)C(O)C2OP(=O)(O)OC[C@H]2O[C@@H](n3cnc4c(N)ncnc43)C(O)C2O)c(=O)[nH]1. The van der Waals surface area contributed by atoms with Gasteiger partial charge in [-0.2, -0.15) is 4.98 Å². The molecule has 4 aromatic rings. The fraction of sp³-hybridized carbons (Fsp3) is 0.500. The molecule has 0 aromatic carbocycles. The van der Waals surface area contributed by atoms with Gasteiger partial charge in [0.1, 0.15) is 48.5 Å². The highest BCUT2D eigenvalue weighted by Gasteiger charge is 2.50. The molecular weight excluding hydrogens is 587 g/mol. The molecule has 6 rings (SSSR count). The number of hydrogen-bond donors (Lipinski definition) is 8. The zero-order valence-electron chi connectivity index (χ0n) is 21.2. The summed E-state index contributed by atoms with van der Waals surface area (Å²) in [6.45, 7) is -1.44. The van der Waals surface area contributed by atoms with Gasteiger partial charge in [-0.1, -0.05) is 0 Å². The van der Waals surface area contributed by atoms with E-state index in [0.717, 1.165) is 10.9 Å². The number of fused-ring (bicyclic) bond motifs is 2. The quantitative estimate of drug-likeness (QED) is 0.0894. The van der Waals surface area contributed by atoms with Gasteiger partial charge in [0.15, 0.2) is 35.1 Å². The molecule has 10 N–H and O–H groups in total. The van der Waals surface area contributed by atoms with Crippen LogP contribution in [0.5, 0.6) is 0 Å². The maximum atomic E-state index is 13.0. The van der Waals surface area contributed by atoms with Crippen LogP contribution in [0, 0.1) is 0 Å². The Labute approximate surface area is 232 Å². The smallest absolute Gasteiger partial charge is 0.394 e. The molecule has 2 aliphatic heterocycles. The van der Waals surface area contributed by atoms with E-state index in [1.807, 2.05) is 0 Å². The number of anilines is 2. The van der Waals surface area contributed by atoms with Crippen molar-refractivity contribution in [3.8, 4) is 0 Å². The number of nitrogens with two attached hydrogens (primary N) is 2. The Bertz CT molecular complexity index is 1730. The molecule has 0 saturated carbocycles. The Morgan fingerprint density at radius 3 is 2.38 bits per heavy atom. The lowest BCUT2D eigenvalue weighted by Gasteiger charge is -2.24. The number of ether oxygens (including phenoxy) is 2. The summed E-state index contributed by atoms with van der Waals surface area (Å²) in [7, 11) is -5.06. The standard InChI is InChI=1S/C20H25N10O11P/c21-14-8-15(24-3-23-14)29(4-25-8)18-12(34)10(32)7(40-18)2-38-42(36,37)41-13-11(33)6(1-31)39-19(13)30-5-26-9-16(30)27-20(22)28-17(9)35/h3-7,10-13,18-19,31-34H,1-2H2,(H,36,37)(H2,21,23,24)(H3,22,27,28,35)/t6-,7-,10?,11?,12?,13?,18-,19-/m1/s1. The summed E-state index contributed by atoms with van der Waals surface area (Å²) in [6.07, 6.45) is -8.05. The molecule has 42 heavy (non-hydrogen) atoms. The number of aliphatic hydroxyl groups excluding tert-OH is 4. The van der Waals surface area contributed by atoms with E-state index >= 15 is 0 Å². The van der Waals surface area contributed by atoms with E-state index < -0.39 is 75.7 Å². The fourth-order valence-corrected chi connectivity index (χ4v) is 5.77. The van der Waals surface area contributed by atoms with Gasteiger partial charge in [-0.05, 0) is 0 Å². The number of phosphoric ester groups is 1. The van der Waals surface area contributed by atoms with E-state index in [4.69, 9.17) is 30.0 Å². The van der Waals surface area contributed by atoms with Crippen molar-refractivity contribution >= 4 is 41.9 Å². The molecule has 21 nitrogen and oxygen atoms in total. The number of nitrogens with one attached hydrogen (secondary N) is 1. The van der Waals surface area contributed by atoms with Gasteiger partial charge in [0.2, 0.25) is 5.95 Å². The zero-order chi connectivity index (χ0) is 29.9. The maximum absolute atomic E-state index is 13.0. The molecule has 2 aliphatic rings. The summed E-state index contributed by atoms with van der Waals surface area (Å²) in [5.41, 5.74) is 11.0. The van der Waals surface area contributed by atoms with Crippen molar-refractivity contribution in [1.82, 2.24) is 39.0 Å². The molecule has 9 atom stereocenters. The average Bonchev–Trinajstić information content (AvgIpc) is 3.69. The summed E-state index contributed by atoms with van der Waals surface area (Å²) in [5, 5.41) is 41.5. The lowest BCUT2D eigenvalue weighted by molar-refractivity contribution is -0.0615. The fourth-order valence-electron chi connectivity index (χ4n) is 4.84. The molecule has 0 bridgehead atoms. The Balaban J connectivity index is 1.19. The number of aromatic nitrogens is 8. The van der Waals surface area contributed by atoms with Crippen molar-refractivity contribution < 1.29 is 48.4 Å². The van der Waals surface area contributed by atoms with Crippen LogP contribution in [-0.4, -0.2) is 114 Å². The molecule has 4 aromatic heterocycles. The van der Waals surface area contributed by atoms with Crippen LogP contribution in [0.25, 0.3) is 22.3 Å². The minimum Gasteiger partial charge on any atom is -0.394 e. The van der Waals surface area contributed by atoms with Crippen molar-refractivity contribution in [1.29, 1.82) is 0 Å². The molecule has 5 unspecified atom stereocenters. The third-order valence-corrected chi connectivity index (χ3v) is 7.86. The first-order valence-electron chi connectivity index (χ1n) is 12.3. The van der Waals surface area contributed by atoms with Crippen molar-refractivity contribution in [2.24, 2.45) is 0 Å².